The molecular formula is C20H23F3N3O2+. The minimum atomic E-state index is -4.36. The lowest BCUT2D eigenvalue weighted by molar-refractivity contribution is -0.364. The highest BCUT2D eigenvalue weighted by Crippen LogP contribution is 2.32. The number of pyridine rings is 1. The number of nitrogens with zero attached hydrogens (tertiary/aromatic N) is 2. The van der Waals surface area contributed by atoms with Gasteiger partial charge in [-0.2, -0.15) is 13.2 Å². The van der Waals surface area contributed by atoms with Crippen molar-refractivity contribution in [1.82, 2.24) is 0 Å². The van der Waals surface area contributed by atoms with Crippen LogP contribution in [0.1, 0.15) is 29.8 Å². The molecule has 2 heterocycles. The van der Waals surface area contributed by atoms with E-state index in [1.54, 1.807) is 38.2 Å². The van der Waals surface area contributed by atoms with Gasteiger partial charge in [0.1, 0.15) is 18.7 Å². The molecule has 0 unspecified atom stereocenters. The molecule has 28 heavy (non-hydrogen) atoms. The molecule has 8 heteroatoms. The van der Waals surface area contributed by atoms with Gasteiger partial charge in [-0.1, -0.05) is 6.07 Å². The molecule has 0 saturated carbocycles. The lowest BCUT2D eigenvalue weighted by Gasteiger charge is -2.33. The monoisotopic (exact) mass is 394 g/mol. The van der Waals surface area contributed by atoms with Gasteiger partial charge < -0.3 is 9.64 Å². The van der Waals surface area contributed by atoms with Crippen LogP contribution in [0.3, 0.4) is 0 Å². The summed E-state index contributed by atoms with van der Waals surface area (Å²) in [6.45, 7) is 5.80. The number of nitrogens with one attached hydrogen (secondary N) is 1. The van der Waals surface area contributed by atoms with Gasteiger partial charge in [-0.05, 0) is 44.2 Å². The Balaban J connectivity index is 1.72. The number of aromatic amines is 1. The molecule has 1 aliphatic heterocycles. The van der Waals surface area contributed by atoms with E-state index in [1.807, 2.05) is 9.80 Å². The standard InChI is InChI=1S/C20H22F3N3O2/c1-14(2)28-19(27)17-7-4-8-24-18(17)26-11-9-25(10-12-26)16-6-3-5-15(13-16)20(21,22)23/h3-8,13-14H,9-12H2,1-2H3/p+1. The summed E-state index contributed by atoms with van der Waals surface area (Å²) in [5, 5.41) is 0. The summed E-state index contributed by atoms with van der Waals surface area (Å²) in [6, 6.07) is 8.80. The Hall–Kier alpha value is -2.77. The highest BCUT2D eigenvalue weighted by atomic mass is 19.4. The Morgan fingerprint density at radius 3 is 2.39 bits per heavy atom. The third-order valence-electron chi connectivity index (χ3n) is 4.53. The highest BCUT2D eigenvalue weighted by Gasteiger charge is 2.32. The van der Waals surface area contributed by atoms with E-state index < -0.39 is 17.7 Å². The number of hydrogen-bond donors (Lipinski definition) is 0. The molecule has 0 bridgehead atoms. The molecule has 2 aromatic rings. The van der Waals surface area contributed by atoms with Crippen molar-refractivity contribution in [1.29, 1.82) is 0 Å². The number of alkyl halides is 3. The van der Waals surface area contributed by atoms with Crippen molar-refractivity contribution >= 4 is 17.5 Å². The zero-order valence-corrected chi connectivity index (χ0v) is 15.8. The molecule has 1 aliphatic rings. The third kappa shape index (κ3) is 4.55. The molecule has 1 aromatic heterocycles. The van der Waals surface area contributed by atoms with E-state index in [0.717, 1.165) is 6.07 Å². The maximum Gasteiger partial charge on any atom is 0.416 e. The summed E-state index contributed by atoms with van der Waals surface area (Å²) in [7, 11) is 0. The first-order valence-corrected chi connectivity index (χ1v) is 9.14. The second-order valence-electron chi connectivity index (χ2n) is 6.91. The van der Waals surface area contributed by atoms with Gasteiger partial charge in [0.05, 0.1) is 31.0 Å². The molecule has 0 amide bonds. The Bertz CT molecular complexity index is 831. The van der Waals surface area contributed by atoms with Gasteiger partial charge in [0.15, 0.2) is 0 Å². The zero-order valence-electron chi connectivity index (χ0n) is 15.8. The van der Waals surface area contributed by atoms with Gasteiger partial charge in [0.2, 0.25) is 0 Å². The number of rotatable bonds is 4. The fraction of sp³-hybridized carbons (Fsp3) is 0.400. The number of carbonyl (C=O) groups is 1. The van der Waals surface area contributed by atoms with Crippen molar-refractivity contribution in [2.75, 3.05) is 36.0 Å². The minimum Gasteiger partial charge on any atom is -0.459 e. The summed E-state index contributed by atoms with van der Waals surface area (Å²) in [5.74, 6) is 0.263. The molecule has 0 spiro atoms. The number of ether oxygens (including phenoxy) is 1. The van der Waals surface area contributed by atoms with E-state index >= 15 is 0 Å². The van der Waals surface area contributed by atoms with E-state index in [4.69, 9.17) is 4.74 Å². The topological polar surface area (TPSA) is 46.9 Å². The van der Waals surface area contributed by atoms with Crippen molar-refractivity contribution in [2.24, 2.45) is 0 Å². The first-order chi connectivity index (χ1) is 13.3. The second kappa shape index (κ2) is 8.08. The Kier molecular flexibility index (Phi) is 5.76. The second-order valence-corrected chi connectivity index (χ2v) is 6.91. The maximum atomic E-state index is 13.0. The van der Waals surface area contributed by atoms with Crippen LogP contribution in [0.25, 0.3) is 0 Å². The van der Waals surface area contributed by atoms with Gasteiger partial charge in [0.25, 0.3) is 5.82 Å². The maximum absolute atomic E-state index is 13.0. The van der Waals surface area contributed by atoms with Gasteiger partial charge >= 0.3 is 12.1 Å². The molecule has 1 aromatic carbocycles. The molecule has 3 rings (SSSR count). The number of esters is 1. The van der Waals surface area contributed by atoms with Crippen LogP contribution in [-0.2, 0) is 10.9 Å². The van der Waals surface area contributed by atoms with Crippen molar-refractivity contribution < 1.29 is 27.7 Å². The molecule has 0 aliphatic carbocycles. The summed E-state index contributed by atoms with van der Waals surface area (Å²) in [6.07, 6.45) is -2.85. The number of hydrogen-bond acceptors (Lipinski definition) is 4. The number of anilines is 2. The number of H-pyrrole nitrogens is 1. The summed E-state index contributed by atoms with van der Waals surface area (Å²) in [5.41, 5.74) is 0.345. The molecule has 0 atom stereocenters. The number of piperazine rings is 1. The normalized spacial score (nSPS) is 15.1. The Morgan fingerprint density at radius 1 is 1.07 bits per heavy atom. The smallest absolute Gasteiger partial charge is 0.416 e. The average molecular weight is 394 g/mol. The first-order valence-electron chi connectivity index (χ1n) is 9.14. The van der Waals surface area contributed by atoms with Crippen LogP contribution in [0.4, 0.5) is 24.7 Å². The van der Waals surface area contributed by atoms with Crippen LogP contribution in [0, 0.1) is 0 Å². The van der Waals surface area contributed by atoms with Crippen LogP contribution in [0.5, 0.6) is 0 Å². The largest absolute Gasteiger partial charge is 0.459 e. The molecular weight excluding hydrogens is 371 g/mol. The molecule has 5 nitrogen and oxygen atoms in total. The first kappa shape index (κ1) is 20.0. The molecule has 1 saturated heterocycles. The van der Waals surface area contributed by atoms with Crippen LogP contribution in [0.15, 0.2) is 42.6 Å². The van der Waals surface area contributed by atoms with E-state index in [2.05, 4.69) is 4.98 Å². The lowest BCUT2D eigenvalue weighted by Crippen LogP contribution is -2.48. The quantitative estimate of drug-likeness (QED) is 0.746. The van der Waals surface area contributed by atoms with Gasteiger partial charge in [-0.25, -0.2) is 9.78 Å². The fourth-order valence-corrected chi connectivity index (χ4v) is 3.20. The Morgan fingerprint density at radius 2 is 1.75 bits per heavy atom. The van der Waals surface area contributed by atoms with Crippen LogP contribution in [-0.4, -0.2) is 38.3 Å². The highest BCUT2D eigenvalue weighted by molar-refractivity contribution is 5.94. The number of aromatic nitrogens is 1. The lowest BCUT2D eigenvalue weighted by atomic mass is 10.1. The van der Waals surface area contributed by atoms with E-state index in [-0.39, 0.29) is 6.10 Å². The minimum absolute atomic E-state index is 0.224. The van der Waals surface area contributed by atoms with E-state index in [9.17, 15) is 18.0 Å². The molecule has 150 valence electrons. The van der Waals surface area contributed by atoms with Crippen molar-refractivity contribution in [3.8, 4) is 0 Å². The SMILES string of the molecule is CC(C)OC(=O)c1ccc[nH+]c1N1CCN(c2cccc(C(F)(F)F)c2)CC1. The number of benzene rings is 1. The summed E-state index contributed by atoms with van der Waals surface area (Å²) < 4.78 is 44.2. The molecule has 0 radical (unpaired) electrons. The van der Waals surface area contributed by atoms with Gasteiger partial charge in [0, 0.05) is 5.69 Å². The van der Waals surface area contributed by atoms with Crippen LogP contribution >= 0.6 is 0 Å². The summed E-state index contributed by atoms with van der Waals surface area (Å²) >= 11 is 0. The number of carbonyl (C=O) groups excluding carboxylic acids is 1. The third-order valence-corrected chi connectivity index (χ3v) is 4.53. The predicted molar refractivity (Wildman–Crippen MR) is 99.4 cm³/mol. The van der Waals surface area contributed by atoms with Crippen molar-refractivity contribution in [2.45, 2.75) is 26.1 Å². The van der Waals surface area contributed by atoms with Gasteiger partial charge in [-0.15, -0.1) is 0 Å². The summed E-state index contributed by atoms with van der Waals surface area (Å²) in [4.78, 5) is 19.4. The van der Waals surface area contributed by atoms with E-state index in [0.29, 0.717) is 43.2 Å². The van der Waals surface area contributed by atoms with Crippen molar-refractivity contribution in [3.05, 3.63) is 53.7 Å². The van der Waals surface area contributed by atoms with Crippen LogP contribution < -0.4 is 14.8 Å². The predicted octanol–water partition coefficient (Wildman–Crippen LogP) is 3.41. The Labute approximate surface area is 161 Å². The van der Waals surface area contributed by atoms with E-state index in [1.165, 1.54) is 12.1 Å². The fourth-order valence-electron chi connectivity index (χ4n) is 3.20. The zero-order chi connectivity index (χ0) is 20.3. The average Bonchev–Trinajstić information content (AvgIpc) is 2.67. The van der Waals surface area contributed by atoms with Gasteiger partial charge in [-0.3, -0.25) is 4.90 Å². The molecule has 1 N–H and O–H groups in total. The van der Waals surface area contributed by atoms with Crippen molar-refractivity contribution in [3.63, 3.8) is 0 Å². The molecule has 1 fully saturated rings. The number of halogens is 3. The van der Waals surface area contributed by atoms with Crippen LogP contribution in [0.2, 0.25) is 0 Å².